The average Bonchev–Trinajstić information content (AvgIpc) is 3.18. The molecular weight excluding hydrogens is 405 g/mol. The third-order valence-corrected chi connectivity index (χ3v) is 6.39. The summed E-state index contributed by atoms with van der Waals surface area (Å²) in [6.07, 6.45) is 1.49. The van der Waals surface area contributed by atoms with Crippen molar-refractivity contribution < 1.29 is 26.4 Å². The van der Waals surface area contributed by atoms with Gasteiger partial charge in [-0.25, -0.2) is 21.6 Å². The van der Waals surface area contributed by atoms with E-state index >= 15 is 0 Å². The number of rotatable bonds is 4. The first-order valence-corrected chi connectivity index (χ1v) is 9.78. The van der Waals surface area contributed by atoms with Crippen molar-refractivity contribution in [3.05, 3.63) is 58.4 Å². The van der Waals surface area contributed by atoms with Gasteiger partial charge in [-0.2, -0.15) is 4.31 Å². The zero-order chi connectivity index (χ0) is 19.8. The Morgan fingerprint density at radius 2 is 1.70 bits per heavy atom. The standard InChI is InChI=1S/C17H14ClF3N2O3S/c18-12-4-3-10(27(25,26)23-7-1-2-8-23)9-11(12)17(24)22-14-6-5-13(19)15(20)16(14)21/h3-6,9H,1-2,7-8H2,(H,22,24). The Morgan fingerprint density at radius 1 is 1.04 bits per heavy atom. The number of carbonyl (C=O) groups is 1. The summed E-state index contributed by atoms with van der Waals surface area (Å²) in [5.41, 5.74) is -0.830. The Morgan fingerprint density at radius 3 is 2.37 bits per heavy atom. The predicted molar refractivity (Wildman–Crippen MR) is 93.7 cm³/mol. The van der Waals surface area contributed by atoms with E-state index in [0.717, 1.165) is 25.0 Å². The number of amides is 1. The summed E-state index contributed by atoms with van der Waals surface area (Å²) in [5.74, 6) is -5.66. The average molecular weight is 419 g/mol. The normalized spacial score (nSPS) is 15.1. The summed E-state index contributed by atoms with van der Waals surface area (Å²) in [5, 5.41) is 2.00. The van der Waals surface area contributed by atoms with Crippen molar-refractivity contribution in [2.75, 3.05) is 18.4 Å². The van der Waals surface area contributed by atoms with Crippen LogP contribution in [0.4, 0.5) is 18.9 Å². The second-order valence-electron chi connectivity index (χ2n) is 5.93. The van der Waals surface area contributed by atoms with Crippen molar-refractivity contribution in [2.45, 2.75) is 17.7 Å². The maximum Gasteiger partial charge on any atom is 0.257 e. The molecule has 2 aromatic carbocycles. The summed E-state index contributed by atoms with van der Waals surface area (Å²) in [6.45, 7) is 0.763. The second-order valence-corrected chi connectivity index (χ2v) is 8.28. The quantitative estimate of drug-likeness (QED) is 0.768. The van der Waals surface area contributed by atoms with Gasteiger partial charge in [0.15, 0.2) is 17.5 Å². The Kier molecular flexibility index (Phi) is 5.45. The molecule has 3 rings (SSSR count). The van der Waals surface area contributed by atoms with E-state index in [1.165, 1.54) is 16.4 Å². The van der Waals surface area contributed by atoms with Crippen LogP contribution in [0.3, 0.4) is 0 Å². The molecule has 27 heavy (non-hydrogen) atoms. The highest BCUT2D eigenvalue weighted by Crippen LogP contribution is 2.27. The Labute approximate surface area is 158 Å². The molecule has 0 saturated carbocycles. The zero-order valence-corrected chi connectivity index (χ0v) is 15.4. The molecule has 1 fully saturated rings. The highest BCUT2D eigenvalue weighted by Gasteiger charge is 2.28. The second kappa shape index (κ2) is 7.49. The molecule has 1 heterocycles. The van der Waals surface area contributed by atoms with Crippen molar-refractivity contribution in [1.29, 1.82) is 0 Å². The number of hydrogen-bond acceptors (Lipinski definition) is 3. The summed E-state index contributed by atoms with van der Waals surface area (Å²) in [4.78, 5) is 12.3. The fourth-order valence-corrected chi connectivity index (χ4v) is 4.48. The Bertz CT molecular complexity index is 1010. The largest absolute Gasteiger partial charge is 0.319 e. The molecule has 0 atom stereocenters. The first kappa shape index (κ1) is 19.7. The first-order valence-electron chi connectivity index (χ1n) is 7.96. The molecule has 0 bridgehead atoms. The van der Waals surface area contributed by atoms with E-state index in [1.54, 1.807) is 0 Å². The van der Waals surface area contributed by atoms with Gasteiger partial charge in [-0.3, -0.25) is 4.79 Å². The maximum absolute atomic E-state index is 13.7. The summed E-state index contributed by atoms with van der Waals surface area (Å²) in [6, 6.07) is 5.09. The summed E-state index contributed by atoms with van der Waals surface area (Å²) in [7, 11) is -3.79. The van der Waals surface area contributed by atoms with Crippen LogP contribution in [0.2, 0.25) is 5.02 Å². The lowest BCUT2D eigenvalue weighted by Gasteiger charge is -2.16. The van der Waals surface area contributed by atoms with E-state index in [0.29, 0.717) is 19.2 Å². The van der Waals surface area contributed by atoms with E-state index in [1.807, 2.05) is 0 Å². The summed E-state index contributed by atoms with van der Waals surface area (Å²) < 4.78 is 66.6. The molecule has 0 unspecified atom stereocenters. The van der Waals surface area contributed by atoms with E-state index in [4.69, 9.17) is 11.6 Å². The van der Waals surface area contributed by atoms with E-state index in [2.05, 4.69) is 5.32 Å². The van der Waals surface area contributed by atoms with Crippen LogP contribution >= 0.6 is 11.6 Å². The number of benzene rings is 2. The number of anilines is 1. The smallest absolute Gasteiger partial charge is 0.257 e. The molecule has 1 N–H and O–H groups in total. The SMILES string of the molecule is O=C(Nc1ccc(F)c(F)c1F)c1cc(S(=O)(=O)N2CCCC2)ccc1Cl. The molecule has 10 heteroatoms. The molecule has 1 aliphatic rings. The van der Waals surface area contributed by atoms with Gasteiger partial charge >= 0.3 is 0 Å². The van der Waals surface area contributed by atoms with Crippen LogP contribution in [-0.4, -0.2) is 31.7 Å². The van der Waals surface area contributed by atoms with Crippen molar-refractivity contribution in [2.24, 2.45) is 0 Å². The van der Waals surface area contributed by atoms with Gasteiger partial charge in [0.05, 0.1) is 21.2 Å². The van der Waals surface area contributed by atoms with Gasteiger partial charge in [-0.15, -0.1) is 0 Å². The minimum atomic E-state index is -3.79. The fraction of sp³-hybridized carbons (Fsp3) is 0.235. The van der Waals surface area contributed by atoms with Crippen LogP contribution < -0.4 is 5.32 Å². The zero-order valence-electron chi connectivity index (χ0n) is 13.8. The topological polar surface area (TPSA) is 66.5 Å². The van der Waals surface area contributed by atoms with Gasteiger partial charge in [0.25, 0.3) is 5.91 Å². The third-order valence-electron chi connectivity index (χ3n) is 4.17. The van der Waals surface area contributed by atoms with E-state index in [9.17, 15) is 26.4 Å². The molecule has 2 aromatic rings. The van der Waals surface area contributed by atoms with Crippen molar-refractivity contribution in [3.63, 3.8) is 0 Å². The van der Waals surface area contributed by atoms with Crippen molar-refractivity contribution in [1.82, 2.24) is 4.31 Å². The Balaban J connectivity index is 1.92. The third kappa shape index (κ3) is 3.80. The van der Waals surface area contributed by atoms with E-state index < -0.39 is 39.1 Å². The van der Waals surface area contributed by atoms with Crippen molar-refractivity contribution in [3.8, 4) is 0 Å². The van der Waals surface area contributed by atoms with Gasteiger partial charge < -0.3 is 5.32 Å². The lowest BCUT2D eigenvalue weighted by Crippen LogP contribution is -2.28. The van der Waals surface area contributed by atoms with Gasteiger partial charge in [0, 0.05) is 13.1 Å². The molecule has 0 aromatic heterocycles. The van der Waals surface area contributed by atoms with Crippen LogP contribution in [0.15, 0.2) is 35.2 Å². The van der Waals surface area contributed by atoms with Crippen LogP contribution in [0.25, 0.3) is 0 Å². The monoisotopic (exact) mass is 418 g/mol. The molecule has 0 spiro atoms. The number of hydrogen-bond donors (Lipinski definition) is 1. The molecule has 0 radical (unpaired) electrons. The van der Waals surface area contributed by atoms with Crippen LogP contribution in [0.5, 0.6) is 0 Å². The summed E-state index contributed by atoms with van der Waals surface area (Å²) >= 11 is 5.97. The molecule has 1 saturated heterocycles. The van der Waals surface area contributed by atoms with Gasteiger partial charge in [0.2, 0.25) is 10.0 Å². The van der Waals surface area contributed by atoms with E-state index in [-0.39, 0.29) is 15.5 Å². The maximum atomic E-state index is 13.7. The highest BCUT2D eigenvalue weighted by molar-refractivity contribution is 7.89. The highest BCUT2D eigenvalue weighted by atomic mass is 35.5. The number of nitrogens with one attached hydrogen (secondary N) is 1. The van der Waals surface area contributed by atoms with Gasteiger partial charge in [-0.1, -0.05) is 11.6 Å². The number of halogens is 4. The molecule has 0 aliphatic carbocycles. The predicted octanol–water partition coefficient (Wildman–Crippen LogP) is 3.79. The van der Waals surface area contributed by atoms with Crippen molar-refractivity contribution >= 4 is 33.2 Å². The fourth-order valence-electron chi connectivity index (χ4n) is 2.73. The van der Waals surface area contributed by atoms with Gasteiger partial charge in [-0.05, 0) is 43.2 Å². The number of nitrogens with zero attached hydrogens (tertiary/aromatic N) is 1. The number of carbonyl (C=O) groups excluding carboxylic acids is 1. The van der Waals surface area contributed by atoms with Crippen LogP contribution in [-0.2, 0) is 10.0 Å². The van der Waals surface area contributed by atoms with Gasteiger partial charge in [0.1, 0.15) is 0 Å². The molecular formula is C17H14ClF3N2O3S. The van der Waals surface area contributed by atoms with Crippen LogP contribution in [0.1, 0.15) is 23.2 Å². The molecule has 144 valence electrons. The first-order chi connectivity index (χ1) is 12.7. The molecule has 1 amide bonds. The lowest BCUT2D eigenvalue weighted by atomic mass is 10.2. The minimum Gasteiger partial charge on any atom is -0.319 e. The Hall–Kier alpha value is -2.10. The minimum absolute atomic E-state index is 0.0733. The van der Waals surface area contributed by atoms with Crippen LogP contribution in [0, 0.1) is 17.5 Å². The molecule has 5 nitrogen and oxygen atoms in total. The number of sulfonamides is 1. The molecule has 1 aliphatic heterocycles. The lowest BCUT2D eigenvalue weighted by molar-refractivity contribution is 0.102.